The number of hydrogen-bond acceptors (Lipinski definition) is 5. The van der Waals surface area contributed by atoms with Gasteiger partial charge in [-0.05, 0) is 62.4 Å². The largest absolute Gasteiger partial charge is 0.416 e. The highest BCUT2D eigenvalue weighted by molar-refractivity contribution is 5.95. The molecule has 0 N–H and O–H groups in total. The number of carbonyl (C=O) groups excluding carboxylic acids is 2. The lowest BCUT2D eigenvalue weighted by molar-refractivity contribution is -0.143. The van der Waals surface area contributed by atoms with Crippen LogP contribution >= 0.6 is 0 Å². The van der Waals surface area contributed by atoms with Crippen LogP contribution in [0.5, 0.6) is 0 Å². The van der Waals surface area contributed by atoms with E-state index in [2.05, 4.69) is 14.9 Å². The van der Waals surface area contributed by atoms with Crippen LogP contribution in [0.3, 0.4) is 0 Å². The van der Waals surface area contributed by atoms with Gasteiger partial charge in [0.2, 0.25) is 0 Å². The van der Waals surface area contributed by atoms with Gasteiger partial charge in [0.15, 0.2) is 0 Å². The second-order valence-corrected chi connectivity index (χ2v) is 12.6. The van der Waals surface area contributed by atoms with Gasteiger partial charge in [0.1, 0.15) is 5.69 Å². The lowest BCUT2D eigenvalue weighted by atomic mass is 9.86. The summed E-state index contributed by atoms with van der Waals surface area (Å²) in [5.41, 5.74) is -2.50. The number of likely N-dealkylation sites (tertiary alicyclic amines) is 3. The van der Waals surface area contributed by atoms with Crippen molar-refractivity contribution in [3.63, 3.8) is 0 Å². The highest BCUT2D eigenvalue weighted by Gasteiger charge is 2.48. The lowest BCUT2D eigenvalue weighted by Crippen LogP contribution is -2.52. The number of rotatable bonds is 5. The van der Waals surface area contributed by atoms with Gasteiger partial charge in [0.25, 0.3) is 11.8 Å². The number of halogens is 6. The van der Waals surface area contributed by atoms with Crippen LogP contribution in [-0.4, -0.2) is 81.3 Å². The number of carbonyl (C=O) groups is 2. The van der Waals surface area contributed by atoms with E-state index in [9.17, 15) is 35.9 Å². The summed E-state index contributed by atoms with van der Waals surface area (Å²) in [6, 6.07) is 10.0. The fourth-order valence-electron chi connectivity index (χ4n) is 7.25. The Morgan fingerprint density at radius 2 is 1.54 bits per heavy atom. The first-order valence-corrected chi connectivity index (χ1v) is 15.3. The number of alkyl halides is 6. The number of nitrogens with zero attached hydrogens (tertiary/aromatic N) is 5. The third-order valence-electron chi connectivity index (χ3n) is 9.59. The lowest BCUT2D eigenvalue weighted by Gasteiger charge is -2.43. The highest BCUT2D eigenvalue weighted by atomic mass is 19.4. The summed E-state index contributed by atoms with van der Waals surface area (Å²) in [5.74, 6) is -0.996. The Labute approximate surface area is 262 Å². The standard InChI is InChI=1S/C33H33F6N5O2/c34-32(35,36)24-15-23(16-25(17-24)33(37,38)39)29(45)44-11-6-26(18-27(44)14-22-4-2-1-3-5-22)42-12-7-31(20-42)8-13-43(21-31)30(46)28-19-40-9-10-41-28/h1-5,9-10,15-17,19,26-27H,6-8,11-14,18,20-21H2. The van der Waals surface area contributed by atoms with Crippen molar-refractivity contribution in [2.45, 2.75) is 56.5 Å². The first-order valence-electron chi connectivity index (χ1n) is 15.3. The van der Waals surface area contributed by atoms with Gasteiger partial charge in [0.05, 0.1) is 17.3 Å². The number of piperidine rings is 1. The van der Waals surface area contributed by atoms with Crippen LogP contribution in [-0.2, 0) is 18.8 Å². The minimum atomic E-state index is -5.05. The molecule has 2 amide bonds. The van der Waals surface area contributed by atoms with Crippen LogP contribution in [0.1, 0.15) is 63.2 Å². The molecule has 3 fully saturated rings. The van der Waals surface area contributed by atoms with Crippen molar-refractivity contribution in [1.29, 1.82) is 0 Å². The van der Waals surface area contributed by atoms with Gasteiger partial charge in [-0.25, -0.2) is 4.98 Å². The number of benzene rings is 2. The quantitative estimate of drug-likeness (QED) is 0.320. The van der Waals surface area contributed by atoms with Crippen LogP contribution < -0.4 is 0 Å². The third kappa shape index (κ3) is 6.74. The first kappa shape index (κ1) is 32.0. The molecule has 0 bridgehead atoms. The molecule has 0 radical (unpaired) electrons. The summed E-state index contributed by atoms with van der Waals surface area (Å²) in [6.45, 7) is 2.97. The molecular formula is C33H33F6N5O2. The Morgan fingerprint density at radius 1 is 0.848 bits per heavy atom. The molecule has 1 spiro atoms. The Kier molecular flexibility index (Phi) is 8.55. The van der Waals surface area contributed by atoms with Gasteiger partial charge in [-0.2, -0.15) is 26.3 Å². The van der Waals surface area contributed by atoms with Gasteiger partial charge in [0, 0.05) is 61.6 Å². The normalized spacial score (nSPS) is 24.1. The summed E-state index contributed by atoms with van der Waals surface area (Å²) in [4.78, 5) is 40.5. The SMILES string of the molecule is O=C(c1cnccn1)N1CCC2(CCN(C3CCN(C(=O)c4cc(C(F)(F)F)cc(C(F)(F)F)c4)C(Cc4ccccc4)C3)C2)C1. The maximum Gasteiger partial charge on any atom is 0.416 e. The van der Waals surface area contributed by atoms with E-state index in [0.717, 1.165) is 31.5 Å². The monoisotopic (exact) mass is 645 g/mol. The molecule has 1 aromatic heterocycles. The summed E-state index contributed by atoms with van der Waals surface area (Å²) >= 11 is 0. The maximum absolute atomic E-state index is 13.7. The number of hydrogen-bond donors (Lipinski definition) is 0. The van der Waals surface area contributed by atoms with Crippen LogP contribution in [0.25, 0.3) is 0 Å². The minimum absolute atomic E-state index is 0.0403. The van der Waals surface area contributed by atoms with Crippen LogP contribution in [0.2, 0.25) is 0 Å². The van der Waals surface area contributed by atoms with Gasteiger partial charge < -0.3 is 9.80 Å². The van der Waals surface area contributed by atoms with Crippen molar-refractivity contribution in [2.24, 2.45) is 5.41 Å². The van der Waals surface area contributed by atoms with Crippen molar-refractivity contribution < 1.29 is 35.9 Å². The molecule has 0 saturated carbocycles. The fraction of sp³-hybridized carbons (Fsp3) is 0.455. The molecule has 244 valence electrons. The molecule has 3 unspecified atom stereocenters. The fourth-order valence-corrected chi connectivity index (χ4v) is 7.25. The molecule has 3 aliphatic rings. The minimum Gasteiger partial charge on any atom is -0.337 e. The second kappa shape index (κ2) is 12.3. The predicted molar refractivity (Wildman–Crippen MR) is 156 cm³/mol. The third-order valence-corrected chi connectivity index (χ3v) is 9.59. The summed E-state index contributed by atoms with van der Waals surface area (Å²) in [7, 11) is 0. The zero-order valence-corrected chi connectivity index (χ0v) is 24.9. The van der Waals surface area contributed by atoms with E-state index in [1.807, 2.05) is 35.2 Å². The molecule has 3 aromatic rings. The van der Waals surface area contributed by atoms with E-state index in [1.165, 1.54) is 23.5 Å². The summed E-state index contributed by atoms with van der Waals surface area (Å²) in [5, 5.41) is 0. The smallest absolute Gasteiger partial charge is 0.337 e. The predicted octanol–water partition coefficient (Wildman–Crippen LogP) is 5.97. The number of amides is 2. The van der Waals surface area contributed by atoms with Gasteiger partial charge in [-0.3, -0.25) is 19.5 Å². The van der Waals surface area contributed by atoms with Gasteiger partial charge in [-0.1, -0.05) is 30.3 Å². The maximum atomic E-state index is 13.7. The Balaban J connectivity index is 1.20. The average molecular weight is 646 g/mol. The van der Waals surface area contributed by atoms with Crippen molar-refractivity contribution in [3.8, 4) is 0 Å². The first-order chi connectivity index (χ1) is 21.8. The second-order valence-electron chi connectivity index (χ2n) is 12.6. The molecule has 3 atom stereocenters. The molecular weight excluding hydrogens is 612 g/mol. The van der Waals surface area contributed by atoms with Crippen molar-refractivity contribution in [2.75, 3.05) is 32.7 Å². The molecule has 6 rings (SSSR count). The zero-order valence-electron chi connectivity index (χ0n) is 24.9. The molecule has 2 aromatic carbocycles. The topological polar surface area (TPSA) is 69.6 Å². The Bertz CT molecular complexity index is 1540. The molecule has 4 heterocycles. The molecule has 3 aliphatic heterocycles. The molecule has 3 saturated heterocycles. The molecule has 46 heavy (non-hydrogen) atoms. The summed E-state index contributed by atoms with van der Waals surface area (Å²) in [6.07, 6.45) is -2.44. The van der Waals surface area contributed by atoms with Crippen molar-refractivity contribution in [1.82, 2.24) is 24.7 Å². The summed E-state index contributed by atoms with van der Waals surface area (Å²) < 4.78 is 81.5. The van der Waals surface area contributed by atoms with E-state index in [1.54, 1.807) is 0 Å². The molecule has 0 aliphatic carbocycles. The molecule has 13 heteroatoms. The zero-order chi connectivity index (χ0) is 32.7. The van der Waals surface area contributed by atoms with Crippen LogP contribution in [0.15, 0.2) is 67.1 Å². The highest BCUT2D eigenvalue weighted by Crippen LogP contribution is 2.42. The van der Waals surface area contributed by atoms with Crippen molar-refractivity contribution in [3.05, 3.63) is 95.1 Å². The van der Waals surface area contributed by atoms with E-state index >= 15 is 0 Å². The van der Waals surface area contributed by atoms with E-state index in [4.69, 9.17) is 0 Å². The van der Waals surface area contributed by atoms with Crippen LogP contribution in [0, 0.1) is 5.41 Å². The number of aromatic nitrogens is 2. The Hall–Kier alpha value is -4.00. The van der Waals surface area contributed by atoms with E-state index in [0.29, 0.717) is 50.2 Å². The van der Waals surface area contributed by atoms with E-state index in [-0.39, 0.29) is 30.0 Å². The molecule has 7 nitrogen and oxygen atoms in total. The van der Waals surface area contributed by atoms with Gasteiger partial charge in [-0.15, -0.1) is 0 Å². The van der Waals surface area contributed by atoms with Gasteiger partial charge >= 0.3 is 12.4 Å². The Morgan fingerprint density at radius 3 is 2.20 bits per heavy atom. The van der Waals surface area contributed by atoms with Crippen molar-refractivity contribution >= 4 is 11.8 Å². The van der Waals surface area contributed by atoms with E-state index < -0.39 is 41.0 Å². The average Bonchev–Trinajstić information content (AvgIpc) is 3.66. The van der Waals surface area contributed by atoms with Crippen LogP contribution in [0.4, 0.5) is 26.3 Å².